The minimum atomic E-state index is -2.42. The summed E-state index contributed by atoms with van der Waals surface area (Å²) in [4.78, 5) is 29.9. The first kappa shape index (κ1) is 124. The number of morpholine rings is 1. The van der Waals surface area contributed by atoms with E-state index in [0.717, 1.165) is 114 Å². The van der Waals surface area contributed by atoms with Crippen molar-refractivity contribution in [3.63, 3.8) is 0 Å². The molecule has 146 heavy (non-hydrogen) atoms. The summed E-state index contributed by atoms with van der Waals surface area (Å²) < 4.78 is 81.8. The standard InChI is InChI=1S/C12H23N.C11H19F2N.2C11H21N.3C10H19N.C9H15F2N.C9H17NO.2C9H17N.C8H17N.C7H13F2N/c1-11(2,3)13-9-8-12(10-13)6-4-5-7-12;1-9(2,3)14-6-4-10(5-7-14)8-11(10,12)13;1-11(2,3)12-8-9-4-6-10(12)7-5-9;1-10(2,3)12-8-6-11(4-5-11)7-9-12;1-10(2,3)11-7-8-4-5-9(11)6-8;1-9(2,3)11-7-6-10(8-11)4-5-10;1-10(2,3)9-7-4-5-8(9)11-6-7;1-8(2,3)12-4-6-7(5-12)9(6,10)11;1-9(2,3)10-5-7-4-8(6-10)11-7;1-9(2,3)10-5-7-4-8(7)6-10;1-9(2,3)10-6-7-4-8(10)5-7;1-7-5-9(6-7)8(2,3)4;1-6(2,3)10-4-7(8,9)5-10/h4-10H2,1-3H3;4-8H2,1-3H3;9-10H,4-8H2,1-3H3;4-9H2,1-3H3;8-9H,4-7H2,1-3H3;4-8H2,1-3H3;7-9,11H,4-6H2,1-3H3;6-7H,4-5H2,1-3H3;7-8H,4-6H2,1-3H3;2*7-8H,4-6H2,1-3H3;7H,5-6H2,1-4H3;4-5H2,1-3H3/t;;;;;;;;7-,8+;;;;. The molecule has 17 aliphatic heterocycles. The summed E-state index contributed by atoms with van der Waals surface area (Å²) in [5, 5.41) is 3.61. The molecule has 0 aromatic rings. The fourth-order valence-electron chi connectivity index (χ4n) is 29.3. The van der Waals surface area contributed by atoms with Crippen LogP contribution in [0.4, 0.5) is 26.3 Å². The number of likely N-dealkylation sites (tertiary alicyclic amines) is 9. The van der Waals surface area contributed by atoms with E-state index < -0.39 is 23.2 Å². The second-order valence-corrected chi connectivity index (χ2v) is 66.1. The lowest BCUT2D eigenvalue weighted by Crippen LogP contribution is -2.62. The number of fused-ring (bicyclic) bond motifs is 12. The zero-order valence-electron chi connectivity index (χ0n) is 103. The van der Waals surface area contributed by atoms with Gasteiger partial charge in [-0.2, -0.15) is 0 Å². The van der Waals surface area contributed by atoms with E-state index in [0.29, 0.717) is 93.4 Å². The average molecular weight is 2060 g/mol. The molecule has 27 aliphatic rings. The second-order valence-electron chi connectivity index (χ2n) is 66.1. The maximum atomic E-state index is 13.1. The molecule has 27 rings (SSSR count). The second kappa shape index (κ2) is 45.3. The number of rotatable bonds is 0. The average Bonchev–Trinajstić information content (AvgIpc) is 1.56. The topological polar surface area (TPSA) is 60.1 Å². The van der Waals surface area contributed by atoms with Gasteiger partial charge in [0.2, 0.25) is 0 Å². The Morgan fingerprint density at radius 1 is 0.274 bits per heavy atom. The number of halogens is 6. The minimum absolute atomic E-state index is 0.0590. The van der Waals surface area contributed by atoms with Crippen LogP contribution < -0.4 is 5.32 Å². The lowest BCUT2D eigenvalue weighted by Gasteiger charge is -2.51. The zero-order chi connectivity index (χ0) is 109. The Bertz CT molecular complexity index is 3920. The van der Waals surface area contributed by atoms with E-state index in [-0.39, 0.29) is 48.0 Å². The van der Waals surface area contributed by atoms with Crippen molar-refractivity contribution < 1.29 is 31.1 Å². The summed E-state index contributed by atoms with van der Waals surface area (Å²) in [6.07, 6.45) is 39.5. The molecular formula is C126H237F6N13O. The van der Waals surface area contributed by atoms with Gasteiger partial charge in [0, 0.05) is 206 Å². The van der Waals surface area contributed by atoms with Gasteiger partial charge in [0.05, 0.1) is 25.3 Å². The summed E-state index contributed by atoms with van der Waals surface area (Å²) in [5.41, 5.74) is 6.01. The van der Waals surface area contributed by atoms with Gasteiger partial charge in [0.15, 0.2) is 0 Å². The summed E-state index contributed by atoms with van der Waals surface area (Å²) in [6.45, 7) is 114. The minimum Gasteiger partial charge on any atom is -0.372 e. The van der Waals surface area contributed by atoms with Crippen molar-refractivity contribution in [2.75, 3.05) is 144 Å². The van der Waals surface area contributed by atoms with Crippen LogP contribution in [0.2, 0.25) is 0 Å². The number of ether oxygens (including phenoxy) is 1. The van der Waals surface area contributed by atoms with E-state index >= 15 is 0 Å². The Morgan fingerprint density at radius 3 is 0.856 bits per heavy atom. The van der Waals surface area contributed by atoms with Crippen LogP contribution >= 0.6 is 0 Å². The molecule has 4 spiro atoms. The molecule has 854 valence electrons. The van der Waals surface area contributed by atoms with E-state index in [2.05, 4.69) is 315 Å². The molecule has 17 saturated heterocycles. The van der Waals surface area contributed by atoms with Gasteiger partial charge in [0.1, 0.15) is 0 Å². The molecule has 10 aliphatic carbocycles. The van der Waals surface area contributed by atoms with E-state index in [4.69, 9.17) is 4.74 Å². The van der Waals surface area contributed by atoms with Crippen LogP contribution in [0, 0.1) is 86.3 Å². The van der Waals surface area contributed by atoms with E-state index in [1.807, 2.05) is 20.8 Å². The van der Waals surface area contributed by atoms with Crippen molar-refractivity contribution in [2.45, 2.75) is 577 Å². The van der Waals surface area contributed by atoms with Gasteiger partial charge in [-0.05, 0) is 518 Å². The molecule has 27 fully saturated rings. The first-order chi connectivity index (χ1) is 66.4. The van der Waals surface area contributed by atoms with Gasteiger partial charge in [0.25, 0.3) is 17.8 Å². The van der Waals surface area contributed by atoms with Crippen molar-refractivity contribution in [1.82, 2.24) is 64.1 Å². The van der Waals surface area contributed by atoms with Crippen LogP contribution in [-0.4, -0.2) is 323 Å². The van der Waals surface area contributed by atoms with Crippen LogP contribution in [0.15, 0.2) is 0 Å². The highest BCUT2D eigenvalue weighted by atomic mass is 19.3. The summed E-state index contributed by atoms with van der Waals surface area (Å²) >= 11 is 0. The van der Waals surface area contributed by atoms with Gasteiger partial charge in [-0.25, -0.2) is 26.3 Å². The Kier molecular flexibility index (Phi) is 38.3. The first-order valence-corrected chi connectivity index (χ1v) is 61.0. The van der Waals surface area contributed by atoms with Crippen molar-refractivity contribution in [2.24, 2.45) is 86.3 Å². The Balaban J connectivity index is 0.000000141. The van der Waals surface area contributed by atoms with Crippen molar-refractivity contribution in [3.05, 3.63) is 0 Å². The molecule has 0 aromatic heterocycles. The third-order valence-corrected chi connectivity index (χ3v) is 40.8. The van der Waals surface area contributed by atoms with Gasteiger partial charge < -0.3 is 10.1 Å². The van der Waals surface area contributed by atoms with E-state index in [1.54, 1.807) is 4.90 Å². The van der Waals surface area contributed by atoms with Crippen molar-refractivity contribution in [1.29, 1.82) is 0 Å². The largest absolute Gasteiger partial charge is 0.372 e. The maximum absolute atomic E-state index is 13.1. The van der Waals surface area contributed by atoms with Crippen LogP contribution in [0.3, 0.4) is 0 Å². The monoisotopic (exact) mass is 2060 g/mol. The quantitative estimate of drug-likeness (QED) is 0.234. The molecule has 17 heterocycles. The van der Waals surface area contributed by atoms with Gasteiger partial charge in [-0.15, -0.1) is 0 Å². The zero-order valence-corrected chi connectivity index (χ0v) is 103. The number of hydrogen-bond acceptors (Lipinski definition) is 14. The lowest BCUT2D eigenvalue weighted by atomic mass is 9.75. The molecule has 9 unspecified atom stereocenters. The number of alkyl halides is 6. The molecule has 20 heteroatoms. The summed E-state index contributed by atoms with van der Waals surface area (Å²) in [7, 11) is 0. The fraction of sp³-hybridized carbons (Fsp3) is 1.00. The highest BCUT2D eigenvalue weighted by molar-refractivity contribution is 5.16. The van der Waals surface area contributed by atoms with Crippen LogP contribution in [0.1, 0.15) is 457 Å². The van der Waals surface area contributed by atoms with Crippen LogP contribution in [-0.2, 0) is 4.74 Å². The molecule has 10 bridgehead atoms. The molecule has 1 N–H and O–H groups in total. The van der Waals surface area contributed by atoms with Crippen LogP contribution in [0.5, 0.6) is 0 Å². The lowest BCUT2D eigenvalue weighted by molar-refractivity contribution is -0.195. The molecule has 10 saturated carbocycles. The van der Waals surface area contributed by atoms with Gasteiger partial charge in [-0.3, -0.25) is 58.8 Å². The molecule has 11 atom stereocenters. The Hall–Kier alpha value is -0.980. The predicted molar refractivity (Wildman–Crippen MR) is 607 cm³/mol. The number of hydrogen-bond donors (Lipinski definition) is 1. The third-order valence-electron chi connectivity index (χ3n) is 40.8. The molecule has 0 aromatic carbocycles. The van der Waals surface area contributed by atoms with Gasteiger partial charge in [-0.1, -0.05) is 40.5 Å². The summed E-state index contributed by atoms with van der Waals surface area (Å²) in [5.74, 6) is 0.378. The van der Waals surface area contributed by atoms with Gasteiger partial charge >= 0.3 is 0 Å². The molecule has 0 radical (unpaired) electrons. The fourth-order valence-corrected chi connectivity index (χ4v) is 29.3. The maximum Gasteiger partial charge on any atom is 0.272 e. The van der Waals surface area contributed by atoms with Crippen LogP contribution in [0.25, 0.3) is 0 Å². The SMILES string of the molecule is CC(C)(C)C1C2CCC1NC2.CC(C)(C)N1CC(F)(F)C1.CC(C)(C)N1CC2C(C1)C2(F)F.CC(C)(C)N1CC2CC1C2.CC(C)(C)N1CC2CC2C1.CC(C)(C)N1CC2CCC1C2.CC(C)(C)N1CC2CCC1CC2.CC(C)(C)N1CCC2(CC1)CC2.CC(C)(C)N1CCC2(CC1)CC2(F)F.CC(C)(C)N1CCC2(CC2)C1.CC(C)(C)N1CCC2(CCCC2)C1.CC(C)(C)N1C[C@H]2C[C@@H](C1)O2.CC1CN(C(C)(C)C)C1. The number of nitrogens with zero attached hydrogens (tertiary/aromatic N) is 12. The molecule has 14 nitrogen and oxygen atoms in total. The smallest absolute Gasteiger partial charge is 0.272 e. The Labute approximate surface area is 897 Å². The molecular weight excluding hydrogens is 1830 g/mol. The van der Waals surface area contributed by atoms with E-state index in [9.17, 15) is 26.3 Å². The highest BCUT2D eigenvalue weighted by Gasteiger charge is 2.73. The summed E-state index contributed by atoms with van der Waals surface area (Å²) in [6, 6.07) is 3.64. The normalized spacial score (nSPS) is 34.3. The number of nitrogens with one attached hydrogen (secondary N) is 1. The Morgan fingerprint density at radius 2 is 0.610 bits per heavy atom. The van der Waals surface area contributed by atoms with Crippen molar-refractivity contribution >= 4 is 0 Å². The predicted octanol–water partition coefficient (Wildman–Crippen LogP) is 28.2. The highest BCUT2D eigenvalue weighted by Crippen LogP contribution is 2.67. The first-order valence-electron chi connectivity index (χ1n) is 61.0. The molecule has 0 amide bonds. The van der Waals surface area contributed by atoms with E-state index in [1.165, 1.54) is 252 Å². The third kappa shape index (κ3) is 33.4. The number of piperidine rings is 9. The van der Waals surface area contributed by atoms with Crippen molar-refractivity contribution in [3.8, 4) is 0 Å².